The van der Waals surface area contributed by atoms with Gasteiger partial charge in [0.25, 0.3) is 5.91 Å². The number of aromatic nitrogens is 2. The fraction of sp³-hybridized carbons (Fsp3) is 0.643. The van der Waals surface area contributed by atoms with E-state index in [4.69, 9.17) is 0 Å². The summed E-state index contributed by atoms with van der Waals surface area (Å²) in [7, 11) is 0. The Balaban J connectivity index is 2.00. The van der Waals surface area contributed by atoms with Crippen molar-refractivity contribution in [2.24, 2.45) is 5.41 Å². The molecule has 0 bridgehead atoms. The molecule has 2 N–H and O–H groups in total. The summed E-state index contributed by atoms with van der Waals surface area (Å²) in [6, 6.07) is 3.73. The fourth-order valence-corrected chi connectivity index (χ4v) is 2.56. The Kier molecular flexibility index (Phi) is 4.02. The van der Waals surface area contributed by atoms with Crippen molar-refractivity contribution in [3.8, 4) is 0 Å². The zero-order valence-corrected chi connectivity index (χ0v) is 11.9. The van der Waals surface area contributed by atoms with Gasteiger partial charge < -0.3 is 10.6 Å². The van der Waals surface area contributed by atoms with Gasteiger partial charge in [0.15, 0.2) is 5.69 Å². The molecule has 0 saturated heterocycles. The van der Waals surface area contributed by atoms with Crippen LogP contribution in [0, 0.1) is 5.41 Å². The van der Waals surface area contributed by atoms with Crippen molar-refractivity contribution < 1.29 is 4.79 Å². The van der Waals surface area contributed by atoms with Gasteiger partial charge in [-0.2, -0.15) is 0 Å². The Labute approximate surface area is 114 Å². The molecule has 1 atom stereocenters. The first kappa shape index (κ1) is 13.8. The predicted molar refractivity (Wildman–Crippen MR) is 75.1 cm³/mol. The third-order valence-electron chi connectivity index (χ3n) is 3.82. The number of nitrogens with one attached hydrogen (secondary N) is 2. The van der Waals surface area contributed by atoms with Gasteiger partial charge in [-0.3, -0.25) is 4.79 Å². The summed E-state index contributed by atoms with van der Waals surface area (Å²) in [5.41, 5.74) is 0.552. The first-order valence-electron chi connectivity index (χ1n) is 6.91. The summed E-state index contributed by atoms with van der Waals surface area (Å²) in [4.78, 5) is 12.1. The monoisotopic (exact) mass is 262 g/mol. The number of nitrogens with zero attached hydrogens (tertiary/aromatic N) is 2. The van der Waals surface area contributed by atoms with Gasteiger partial charge in [0.1, 0.15) is 5.82 Å². The van der Waals surface area contributed by atoms with E-state index in [-0.39, 0.29) is 17.4 Å². The summed E-state index contributed by atoms with van der Waals surface area (Å²) in [6.45, 7) is 7.18. The molecular formula is C14H22N4O. The van der Waals surface area contributed by atoms with Crippen molar-refractivity contribution in [3.05, 3.63) is 17.8 Å². The Bertz CT molecular complexity index is 441. The van der Waals surface area contributed by atoms with E-state index < -0.39 is 0 Å². The van der Waals surface area contributed by atoms with Gasteiger partial charge in [-0.25, -0.2) is 0 Å². The highest BCUT2D eigenvalue weighted by Gasteiger charge is 2.35. The van der Waals surface area contributed by atoms with Crippen LogP contribution >= 0.6 is 0 Å². The summed E-state index contributed by atoms with van der Waals surface area (Å²) in [5, 5.41) is 14.1. The highest BCUT2D eigenvalue weighted by Crippen LogP contribution is 2.37. The number of hydrogen-bond acceptors (Lipinski definition) is 4. The maximum Gasteiger partial charge on any atom is 0.272 e. The van der Waals surface area contributed by atoms with E-state index in [2.05, 4.69) is 34.7 Å². The highest BCUT2D eigenvalue weighted by molar-refractivity contribution is 5.92. The van der Waals surface area contributed by atoms with Gasteiger partial charge in [0.05, 0.1) is 0 Å². The van der Waals surface area contributed by atoms with Crippen LogP contribution in [0.2, 0.25) is 0 Å². The molecule has 104 valence electrons. The van der Waals surface area contributed by atoms with Crippen molar-refractivity contribution in [3.63, 3.8) is 0 Å². The average Bonchev–Trinajstić information content (AvgIpc) is 2.70. The SMILES string of the molecule is CCNc1ccc(C(=O)NC2CCCC2(C)C)nn1. The molecule has 19 heavy (non-hydrogen) atoms. The zero-order valence-electron chi connectivity index (χ0n) is 11.9. The van der Waals surface area contributed by atoms with Gasteiger partial charge in [-0.1, -0.05) is 20.3 Å². The van der Waals surface area contributed by atoms with Crippen LogP contribution in [0.1, 0.15) is 50.5 Å². The van der Waals surface area contributed by atoms with E-state index in [1.165, 1.54) is 6.42 Å². The molecule has 0 aliphatic heterocycles. The number of rotatable bonds is 4. The largest absolute Gasteiger partial charge is 0.369 e. The molecule has 0 aromatic carbocycles. The Morgan fingerprint density at radius 2 is 2.21 bits per heavy atom. The smallest absolute Gasteiger partial charge is 0.272 e. The summed E-state index contributed by atoms with van der Waals surface area (Å²) < 4.78 is 0. The molecule has 1 aliphatic carbocycles. The Morgan fingerprint density at radius 1 is 1.42 bits per heavy atom. The van der Waals surface area contributed by atoms with Crippen LogP contribution < -0.4 is 10.6 Å². The molecule has 5 heteroatoms. The van der Waals surface area contributed by atoms with E-state index in [1.807, 2.05) is 6.92 Å². The molecule has 0 radical (unpaired) electrons. The number of carbonyl (C=O) groups is 1. The normalized spacial score (nSPS) is 21.1. The Morgan fingerprint density at radius 3 is 2.74 bits per heavy atom. The lowest BCUT2D eigenvalue weighted by atomic mass is 9.87. The van der Waals surface area contributed by atoms with Crippen LogP contribution in [0.3, 0.4) is 0 Å². The minimum atomic E-state index is -0.129. The highest BCUT2D eigenvalue weighted by atomic mass is 16.2. The van der Waals surface area contributed by atoms with Crippen molar-refractivity contribution >= 4 is 11.7 Å². The third-order valence-corrected chi connectivity index (χ3v) is 3.82. The van der Waals surface area contributed by atoms with Gasteiger partial charge in [0, 0.05) is 12.6 Å². The van der Waals surface area contributed by atoms with Gasteiger partial charge >= 0.3 is 0 Å². The van der Waals surface area contributed by atoms with Gasteiger partial charge in [-0.05, 0) is 37.3 Å². The second-order valence-corrected chi connectivity index (χ2v) is 5.74. The average molecular weight is 262 g/mol. The molecule has 1 saturated carbocycles. The molecule has 0 spiro atoms. The van der Waals surface area contributed by atoms with E-state index >= 15 is 0 Å². The lowest BCUT2D eigenvalue weighted by Crippen LogP contribution is -2.41. The first-order valence-corrected chi connectivity index (χ1v) is 6.91. The molecular weight excluding hydrogens is 240 g/mol. The predicted octanol–water partition coefficient (Wildman–Crippen LogP) is 2.22. The molecule has 1 unspecified atom stereocenters. The number of hydrogen-bond donors (Lipinski definition) is 2. The van der Waals surface area contributed by atoms with Crippen molar-refractivity contribution in [1.29, 1.82) is 0 Å². The molecule has 1 fully saturated rings. The first-order chi connectivity index (χ1) is 9.03. The minimum absolute atomic E-state index is 0.129. The van der Waals surface area contributed by atoms with Crippen LogP contribution in [0.25, 0.3) is 0 Å². The van der Waals surface area contributed by atoms with Gasteiger partial charge in [-0.15, -0.1) is 10.2 Å². The van der Waals surface area contributed by atoms with Crippen LogP contribution in [0.4, 0.5) is 5.82 Å². The lowest BCUT2D eigenvalue weighted by molar-refractivity contribution is 0.0904. The van der Waals surface area contributed by atoms with E-state index in [0.717, 1.165) is 19.4 Å². The summed E-state index contributed by atoms with van der Waals surface area (Å²) >= 11 is 0. The van der Waals surface area contributed by atoms with Crippen LogP contribution in [-0.4, -0.2) is 28.7 Å². The summed E-state index contributed by atoms with van der Waals surface area (Å²) in [5.74, 6) is 0.566. The molecule has 1 aliphatic rings. The number of amides is 1. The van der Waals surface area contributed by atoms with Gasteiger partial charge in [0.2, 0.25) is 0 Å². The van der Waals surface area contributed by atoms with Crippen molar-refractivity contribution in [2.45, 2.75) is 46.1 Å². The van der Waals surface area contributed by atoms with Crippen molar-refractivity contribution in [1.82, 2.24) is 15.5 Å². The lowest BCUT2D eigenvalue weighted by Gasteiger charge is -2.27. The molecule has 1 aromatic heterocycles. The molecule has 1 aromatic rings. The molecule has 5 nitrogen and oxygen atoms in total. The van der Waals surface area contributed by atoms with Crippen LogP contribution in [-0.2, 0) is 0 Å². The Hall–Kier alpha value is -1.65. The molecule has 2 rings (SSSR count). The second-order valence-electron chi connectivity index (χ2n) is 5.74. The topological polar surface area (TPSA) is 66.9 Å². The second kappa shape index (κ2) is 5.55. The molecule has 1 amide bonds. The quantitative estimate of drug-likeness (QED) is 0.873. The standard InChI is InChI=1S/C14H22N4O/c1-4-15-12-8-7-10(17-18-12)13(19)16-11-6-5-9-14(11,2)3/h7-8,11H,4-6,9H2,1-3H3,(H,15,18)(H,16,19). The minimum Gasteiger partial charge on any atom is -0.369 e. The third kappa shape index (κ3) is 3.22. The van der Waals surface area contributed by atoms with E-state index in [1.54, 1.807) is 12.1 Å². The summed E-state index contributed by atoms with van der Waals surface area (Å²) in [6.07, 6.45) is 3.37. The number of anilines is 1. The van der Waals surface area contributed by atoms with E-state index in [9.17, 15) is 4.79 Å². The number of carbonyl (C=O) groups excluding carboxylic acids is 1. The van der Waals surface area contributed by atoms with Crippen LogP contribution in [0.5, 0.6) is 0 Å². The fourth-order valence-electron chi connectivity index (χ4n) is 2.56. The van der Waals surface area contributed by atoms with E-state index in [0.29, 0.717) is 11.5 Å². The zero-order chi connectivity index (χ0) is 13.9. The maximum atomic E-state index is 12.1. The maximum absolute atomic E-state index is 12.1. The molecule has 1 heterocycles. The van der Waals surface area contributed by atoms with Crippen LogP contribution in [0.15, 0.2) is 12.1 Å². The van der Waals surface area contributed by atoms with Crippen molar-refractivity contribution in [2.75, 3.05) is 11.9 Å².